The van der Waals surface area contributed by atoms with Crippen LogP contribution >= 0.6 is 0 Å². The molecule has 2 amide bonds. The van der Waals surface area contributed by atoms with E-state index in [1.807, 2.05) is 0 Å². The number of carboxylic acid groups (broad SMARTS) is 1. The fourth-order valence-corrected chi connectivity index (χ4v) is 12.4. The normalized spacial score (nSPS) is 37.1. The SMILES string of the molecule is CC(C)C1=C2[C@H]3CC[C@@H]4[C@@]5(C)CC[C@H](OC(=O)CC(C)(C)C(=O)O)C(C)(C)[C@@H]5CC[C@@]4(C)[C@]3(C)CC[C@@]2(NC(=O)NCc2ncccn2)CC1=O. The molecule has 1 aromatic heterocycles. The molecule has 3 N–H and O–H groups in total. The van der Waals surface area contributed by atoms with Gasteiger partial charge in [-0.1, -0.05) is 48.5 Å². The lowest BCUT2D eigenvalue weighted by Gasteiger charge is -2.72. The Morgan fingerprint density at radius 3 is 2.27 bits per heavy atom. The maximum Gasteiger partial charge on any atom is 0.315 e. The maximum absolute atomic E-state index is 13.9. The van der Waals surface area contributed by atoms with Crippen LogP contribution in [0, 0.1) is 50.7 Å². The number of nitrogens with zero attached hydrogens (tertiary/aromatic N) is 2. The van der Waals surface area contributed by atoms with Crippen LogP contribution in [0.4, 0.5) is 4.79 Å². The summed E-state index contributed by atoms with van der Waals surface area (Å²) >= 11 is 0. The minimum Gasteiger partial charge on any atom is -0.481 e. The molecular formula is C41H60N4O6. The van der Waals surface area contributed by atoms with Gasteiger partial charge in [0.15, 0.2) is 5.78 Å². The largest absolute Gasteiger partial charge is 0.481 e. The second-order valence-corrected chi connectivity index (χ2v) is 19.0. The van der Waals surface area contributed by atoms with E-state index in [2.05, 4.69) is 69.1 Å². The van der Waals surface area contributed by atoms with Crippen LogP contribution in [0.1, 0.15) is 132 Å². The predicted molar refractivity (Wildman–Crippen MR) is 193 cm³/mol. The number of hydrogen-bond donors (Lipinski definition) is 3. The first kappa shape index (κ1) is 37.5. The standard InChI is InChI=1S/C41H60N4O6/c1-24(2)32-26(46)21-41(45-35(50)44-23-30-42-19-10-20-43-30)18-17-39(8)25(33(32)41)11-12-28-38(7)15-14-29(51-31(47)22-36(3,4)34(48)49)37(5,6)27(38)13-16-40(28,39)9/h10,19-20,24-25,27-29H,11-18,21-23H2,1-9H3,(H,48,49)(H2,44,45,50)/t25-,27+,28-,29+,38+,39-,40-,41-/m1/s1. The van der Waals surface area contributed by atoms with E-state index in [1.54, 1.807) is 32.3 Å². The van der Waals surface area contributed by atoms with Gasteiger partial charge >= 0.3 is 18.0 Å². The molecule has 10 nitrogen and oxygen atoms in total. The van der Waals surface area contributed by atoms with Crippen molar-refractivity contribution in [2.45, 2.75) is 145 Å². The van der Waals surface area contributed by atoms with E-state index < -0.39 is 22.9 Å². The molecule has 0 aliphatic heterocycles. The van der Waals surface area contributed by atoms with Gasteiger partial charge in [-0.25, -0.2) is 14.8 Å². The number of esters is 1. The summed E-state index contributed by atoms with van der Waals surface area (Å²) in [5.41, 5.74) is -0.000464. The number of rotatable bonds is 8. The molecule has 51 heavy (non-hydrogen) atoms. The molecule has 0 radical (unpaired) electrons. The molecule has 8 atom stereocenters. The highest BCUT2D eigenvalue weighted by molar-refractivity contribution is 6.02. The molecule has 5 aliphatic rings. The third-order valence-corrected chi connectivity index (χ3v) is 15.2. The van der Waals surface area contributed by atoms with E-state index in [0.717, 1.165) is 56.9 Å². The number of allylic oxidation sites excluding steroid dienone is 1. The molecule has 0 aromatic carbocycles. The molecule has 0 saturated heterocycles. The van der Waals surface area contributed by atoms with Crippen molar-refractivity contribution in [3.8, 4) is 0 Å². The Morgan fingerprint density at radius 2 is 1.63 bits per heavy atom. The lowest BCUT2D eigenvalue weighted by atomic mass is 9.33. The smallest absolute Gasteiger partial charge is 0.315 e. The van der Waals surface area contributed by atoms with Crippen molar-refractivity contribution in [1.82, 2.24) is 20.6 Å². The number of carboxylic acids is 1. The van der Waals surface area contributed by atoms with Crippen molar-refractivity contribution in [2.24, 2.45) is 50.7 Å². The summed E-state index contributed by atoms with van der Waals surface area (Å²) in [5, 5.41) is 15.9. The van der Waals surface area contributed by atoms with Gasteiger partial charge in [-0.05, 0) is 122 Å². The monoisotopic (exact) mass is 704 g/mol. The zero-order valence-corrected chi connectivity index (χ0v) is 32.3. The molecule has 5 aliphatic carbocycles. The molecular weight excluding hydrogens is 644 g/mol. The van der Waals surface area contributed by atoms with Gasteiger partial charge in [-0.15, -0.1) is 0 Å². The Balaban J connectivity index is 1.26. The van der Waals surface area contributed by atoms with E-state index in [4.69, 9.17) is 4.74 Å². The Hall–Kier alpha value is -3.30. The summed E-state index contributed by atoms with van der Waals surface area (Å²) in [7, 11) is 0. The molecule has 6 rings (SSSR count). The number of aromatic nitrogens is 2. The maximum atomic E-state index is 13.9. The van der Waals surface area contributed by atoms with Crippen LogP contribution in [-0.2, 0) is 25.7 Å². The number of aliphatic carboxylic acids is 1. The summed E-state index contributed by atoms with van der Waals surface area (Å²) in [6.07, 6.45) is 10.7. The first-order valence-electron chi connectivity index (χ1n) is 19.2. The van der Waals surface area contributed by atoms with Gasteiger partial charge in [-0.2, -0.15) is 0 Å². The van der Waals surface area contributed by atoms with Gasteiger partial charge in [0, 0.05) is 24.2 Å². The summed E-state index contributed by atoms with van der Waals surface area (Å²) in [6, 6.07) is 1.45. The molecule has 1 aromatic rings. The van der Waals surface area contributed by atoms with Gasteiger partial charge in [-0.3, -0.25) is 14.4 Å². The van der Waals surface area contributed by atoms with Crippen molar-refractivity contribution in [3.05, 3.63) is 35.4 Å². The quantitative estimate of drug-likeness (QED) is 0.237. The van der Waals surface area contributed by atoms with Gasteiger partial charge in [0.25, 0.3) is 0 Å². The van der Waals surface area contributed by atoms with Crippen molar-refractivity contribution < 1.29 is 29.0 Å². The summed E-state index contributed by atoms with van der Waals surface area (Å²) in [4.78, 5) is 60.7. The Labute approximate surface area is 303 Å². The Morgan fingerprint density at radius 1 is 0.941 bits per heavy atom. The summed E-state index contributed by atoms with van der Waals surface area (Å²) < 4.78 is 6.14. The minimum absolute atomic E-state index is 0.0199. The first-order chi connectivity index (χ1) is 23.7. The number of hydrogen-bond acceptors (Lipinski definition) is 7. The zero-order chi connectivity index (χ0) is 37.4. The lowest BCUT2D eigenvalue weighted by Crippen LogP contribution is -2.67. The van der Waals surface area contributed by atoms with Crippen LogP contribution in [0.2, 0.25) is 0 Å². The predicted octanol–water partition coefficient (Wildman–Crippen LogP) is 7.42. The molecule has 0 unspecified atom stereocenters. The van der Waals surface area contributed by atoms with Crippen LogP contribution in [0.3, 0.4) is 0 Å². The van der Waals surface area contributed by atoms with Gasteiger partial charge < -0.3 is 20.5 Å². The number of carbonyl (C=O) groups is 4. The van der Waals surface area contributed by atoms with E-state index >= 15 is 0 Å². The van der Waals surface area contributed by atoms with Gasteiger partial charge in [0.1, 0.15) is 11.9 Å². The lowest BCUT2D eigenvalue weighted by molar-refractivity contribution is -0.232. The van der Waals surface area contributed by atoms with Crippen molar-refractivity contribution in [3.63, 3.8) is 0 Å². The van der Waals surface area contributed by atoms with Crippen LogP contribution < -0.4 is 10.6 Å². The van der Waals surface area contributed by atoms with E-state index in [9.17, 15) is 24.3 Å². The van der Waals surface area contributed by atoms with Crippen molar-refractivity contribution >= 4 is 23.8 Å². The molecule has 0 spiro atoms. The Bertz CT molecular complexity index is 1620. The van der Waals surface area contributed by atoms with Crippen molar-refractivity contribution in [2.75, 3.05) is 0 Å². The molecule has 0 bridgehead atoms. The van der Waals surface area contributed by atoms with Crippen LogP contribution in [-0.4, -0.2) is 50.5 Å². The number of ketones is 1. The average molecular weight is 705 g/mol. The number of amides is 2. The second-order valence-electron chi connectivity index (χ2n) is 19.0. The number of ether oxygens (including phenoxy) is 1. The fourth-order valence-electron chi connectivity index (χ4n) is 12.4. The van der Waals surface area contributed by atoms with Gasteiger partial charge in [0.2, 0.25) is 0 Å². The van der Waals surface area contributed by atoms with Crippen LogP contribution in [0.5, 0.6) is 0 Å². The third-order valence-electron chi connectivity index (χ3n) is 15.2. The van der Waals surface area contributed by atoms with E-state index in [0.29, 0.717) is 24.1 Å². The highest BCUT2D eigenvalue weighted by Gasteiger charge is 2.70. The van der Waals surface area contributed by atoms with E-state index in [1.165, 1.54) is 5.57 Å². The summed E-state index contributed by atoms with van der Waals surface area (Å²) in [5.74, 6) is 0.343. The van der Waals surface area contributed by atoms with Gasteiger partial charge in [0.05, 0.1) is 23.9 Å². The minimum atomic E-state index is -1.17. The fraction of sp³-hybridized carbons (Fsp3) is 0.756. The number of nitrogens with one attached hydrogen (secondary N) is 2. The summed E-state index contributed by atoms with van der Waals surface area (Å²) in [6.45, 7) is 19.6. The van der Waals surface area contributed by atoms with Crippen LogP contribution in [0.15, 0.2) is 29.6 Å². The number of carbonyl (C=O) groups excluding carboxylic acids is 3. The van der Waals surface area contributed by atoms with Crippen molar-refractivity contribution in [1.29, 1.82) is 0 Å². The number of Topliss-reactive ketones (excluding diaryl/α,β-unsaturated/α-hetero) is 1. The average Bonchev–Trinajstić information content (AvgIpc) is 3.33. The molecule has 4 fully saturated rings. The van der Waals surface area contributed by atoms with E-state index in [-0.39, 0.29) is 64.4 Å². The number of urea groups is 1. The molecule has 4 saturated carbocycles. The molecule has 280 valence electrons. The van der Waals surface area contributed by atoms with Crippen LogP contribution in [0.25, 0.3) is 0 Å². The number of fused-ring (bicyclic) bond motifs is 7. The topological polar surface area (TPSA) is 148 Å². The second kappa shape index (κ2) is 12.7. The molecule has 10 heteroatoms. The highest BCUT2D eigenvalue weighted by atomic mass is 16.5. The third kappa shape index (κ3) is 5.91. The zero-order valence-electron chi connectivity index (χ0n) is 32.3. The first-order valence-corrected chi connectivity index (χ1v) is 19.2. The molecule has 1 heterocycles. The highest BCUT2D eigenvalue weighted by Crippen LogP contribution is 2.76. The Kier molecular flexibility index (Phi) is 9.31.